The van der Waals surface area contributed by atoms with Crippen LogP contribution in [0.1, 0.15) is 35.9 Å². The fourth-order valence-electron chi connectivity index (χ4n) is 3.87. The molecule has 0 bridgehead atoms. The Bertz CT molecular complexity index is 867. The van der Waals surface area contributed by atoms with E-state index in [2.05, 4.69) is 22.5 Å². The number of halogens is 1. The van der Waals surface area contributed by atoms with Crippen molar-refractivity contribution in [1.29, 1.82) is 0 Å². The summed E-state index contributed by atoms with van der Waals surface area (Å²) in [5.74, 6) is 0.915. The molecule has 8 nitrogen and oxygen atoms in total. The highest BCUT2D eigenvalue weighted by molar-refractivity contribution is 14.0. The molecular weight excluding hydrogens is 523 g/mol. The number of amides is 1. The highest BCUT2D eigenvalue weighted by Crippen LogP contribution is 2.21. The fraction of sp³-hybridized carbons (Fsp3) is 0.478. The van der Waals surface area contributed by atoms with Gasteiger partial charge in [-0.1, -0.05) is 12.1 Å². The molecule has 2 unspecified atom stereocenters. The van der Waals surface area contributed by atoms with Crippen LogP contribution in [0.3, 0.4) is 0 Å². The largest absolute Gasteiger partial charge is 0.459 e. The molecule has 1 aromatic carbocycles. The summed E-state index contributed by atoms with van der Waals surface area (Å²) in [4.78, 5) is 19.2. The lowest BCUT2D eigenvalue weighted by atomic mass is 10.1. The topological polar surface area (TPSA) is 88.3 Å². The van der Waals surface area contributed by atoms with Crippen molar-refractivity contribution in [2.45, 2.75) is 38.5 Å². The van der Waals surface area contributed by atoms with Crippen LogP contribution in [0.5, 0.6) is 0 Å². The molecule has 2 N–H and O–H groups in total. The van der Waals surface area contributed by atoms with Gasteiger partial charge in [-0.25, -0.2) is 4.99 Å². The Labute approximate surface area is 205 Å². The number of anilines is 1. The zero-order chi connectivity index (χ0) is 21.5. The van der Waals surface area contributed by atoms with Gasteiger partial charge in [-0.3, -0.25) is 4.79 Å². The van der Waals surface area contributed by atoms with Crippen molar-refractivity contribution in [2.75, 3.05) is 38.2 Å². The molecule has 0 radical (unpaired) electrons. The Morgan fingerprint density at radius 3 is 2.66 bits per heavy atom. The van der Waals surface area contributed by atoms with E-state index in [1.165, 1.54) is 6.26 Å². The molecule has 2 atom stereocenters. The monoisotopic (exact) mass is 554 g/mol. The Morgan fingerprint density at radius 2 is 1.97 bits per heavy atom. The highest BCUT2D eigenvalue weighted by Gasteiger charge is 2.32. The number of nitrogens with one attached hydrogen (secondary N) is 2. The van der Waals surface area contributed by atoms with Gasteiger partial charge < -0.3 is 29.4 Å². The molecule has 3 heterocycles. The second-order valence-electron chi connectivity index (χ2n) is 7.71. The molecule has 9 heteroatoms. The third-order valence-electron chi connectivity index (χ3n) is 5.48. The summed E-state index contributed by atoms with van der Waals surface area (Å²) in [6.07, 6.45) is 3.94. The summed E-state index contributed by atoms with van der Waals surface area (Å²) >= 11 is 0. The molecular formula is C23H31IN4O4. The van der Waals surface area contributed by atoms with Gasteiger partial charge in [0.25, 0.3) is 5.91 Å². The Kier molecular flexibility index (Phi) is 9.36. The molecule has 1 aromatic heterocycles. The zero-order valence-electron chi connectivity index (χ0n) is 18.3. The van der Waals surface area contributed by atoms with Crippen LogP contribution in [-0.2, 0) is 16.0 Å². The number of ether oxygens (including phenoxy) is 2. The van der Waals surface area contributed by atoms with E-state index in [1.807, 2.05) is 24.3 Å². The van der Waals surface area contributed by atoms with Gasteiger partial charge in [0, 0.05) is 31.9 Å². The first-order valence-electron chi connectivity index (χ1n) is 10.9. The number of guanidine groups is 1. The maximum absolute atomic E-state index is 12.1. The minimum Gasteiger partial charge on any atom is -0.459 e. The SMILES string of the molecule is CCNC(=NCc1ccc(NC(=O)c2ccco2)cc1)N1CCOC(C2CCCO2)C1.I. The molecule has 0 saturated carbocycles. The molecule has 2 aliphatic heterocycles. The van der Waals surface area contributed by atoms with Gasteiger partial charge in [-0.2, -0.15) is 0 Å². The van der Waals surface area contributed by atoms with Crippen LogP contribution in [0, 0.1) is 0 Å². The maximum Gasteiger partial charge on any atom is 0.291 e. The average Bonchev–Trinajstić information content (AvgIpc) is 3.52. The number of carbonyl (C=O) groups is 1. The minimum atomic E-state index is -0.265. The number of hydrogen-bond donors (Lipinski definition) is 2. The predicted octanol–water partition coefficient (Wildman–Crippen LogP) is 3.50. The van der Waals surface area contributed by atoms with Gasteiger partial charge in [0.1, 0.15) is 6.10 Å². The summed E-state index contributed by atoms with van der Waals surface area (Å²) in [6.45, 7) is 6.54. The molecule has 32 heavy (non-hydrogen) atoms. The van der Waals surface area contributed by atoms with Crippen molar-refractivity contribution in [3.8, 4) is 0 Å². The highest BCUT2D eigenvalue weighted by atomic mass is 127. The van der Waals surface area contributed by atoms with Crippen LogP contribution < -0.4 is 10.6 Å². The lowest BCUT2D eigenvalue weighted by Crippen LogP contribution is -2.53. The summed E-state index contributed by atoms with van der Waals surface area (Å²) in [6, 6.07) is 11.0. The summed E-state index contributed by atoms with van der Waals surface area (Å²) in [5, 5.41) is 6.22. The lowest BCUT2D eigenvalue weighted by Gasteiger charge is -2.37. The van der Waals surface area contributed by atoms with Crippen molar-refractivity contribution >= 4 is 41.5 Å². The normalized spacial score (nSPS) is 21.2. The fourth-order valence-corrected chi connectivity index (χ4v) is 3.87. The van der Waals surface area contributed by atoms with Gasteiger partial charge in [-0.05, 0) is 49.6 Å². The Hall–Kier alpha value is -2.11. The summed E-state index contributed by atoms with van der Waals surface area (Å²) < 4.78 is 16.9. The zero-order valence-corrected chi connectivity index (χ0v) is 20.6. The number of furan rings is 1. The Morgan fingerprint density at radius 1 is 1.16 bits per heavy atom. The van der Waals surface area contributed by atoms with Crippen molar-refractivity contribution in [3.05, 3.63) is 54.0 Å². The van der Waals surface area contributed by atoms with Crippen molar-refractivity contribution in [3.63, 3.8) is 0 Å². The van der Waals surface area contributed by atoms with E-state index < -0.39 is 0 Å². The van der Waals surface area contributed by atoms with Gasteiger partial charge in [-0.15, -0.1) is 24.0 Å². The number of rotatable bonds is 6. The second-order valence-corrected chi connectivity index (χ2v) is 7.71. The quantitative estimate of drug-likeness (QED) is 0.323. The first kappa shape index (κ1) is 24.5. The van der Waals surface area contributed by atoms with E-state index >= 15 is 0 Å². The van der Waals surface area contributed by atoms with E-state index in [0.717, 1.165) is 50.6 Å². The molecule has 2 fully saturated rings. The van der Waals surface area contributed by atoms with Gasteiger partial charge >= 0.3 is 0 Å². The smallest absolute Gasteiger partial charge is 0.291 e. The van der Waals surface area contributed by atoms with Crippen molar-refractivity contribution in [2.24, 2.45) is 4.99 Å². The maximum atomic E-state index is 12.1. The number of nitrogens with zero attached hydrogens (tertiary/aromatic N) is 2. The van der Waals surface area contributed by atoms with Crippen LogP contribution >= 0.6 is 24.0 Å². The van der Waals surface area contributed by atoms with Crippen LogP contribution in [0.4, 0.5) is 5.69 Å². The van der Waals surface area contributed by atoms with Crippen molar-refractivity contribution < 1.29 is 18.7 Å². The van der Waals surface area contributed by atoms with Gasteiger partial charge in [0.05, 0.1) is 25.5 Å². The van der Waals surface area contributed by atoms with Crippen LogP contribution in [0.15, 0.2) is 52.1 Å². The predicted molar refractivity (Wildman–Crippen MR) is 134 cm³/mol. The average molecular weight is 554 g/mol. The van der Waals surface area contributed by atoms with E-state index in [9.17, 15) is 4.79 Å². The van der Waals surface area contributed by atoms with Crippen molar-refractivity contribution in [1.82, 2.24) is 10.2 Å². The van der Waals surface area contributed by atoms with Crippen LogP contribution in [-0.4, -0.2) is 61.8 Å². The molecule has 0 spiro atoms. The Balaban J connectivity index is 0.00000289. The lowest BCUT2D eigenvalue weighted by molar-refractivity contribution is -0.0817. The number of morpholine rings is 1. The van der Waals surface area contributed by atoms with Gasteiger partial charge in [0.2, 0.25) is 0 Å². The molecule has 0 aliphatic carbocycles. The van der Waals surface area contributed by atoms with Crippen LogP contribution in [0.25, 0.3) is 0 Å². The number of benzene rings is 1. The standard InChI is InChI=1S/C23H30N4O4.HI/c1-2-24-23(27-11-14-31-21(16-27)19-5-3-12-29-19)25-15-17-7-9-18(10-8-17)26-22(28)20-6-4-13-30-20;/h4,6-10,13,19,21H,2-3,5,11-12,14-16H2,1H3,(H,24,25)(H,26,28);1H. The summed E-state index contributed by atoms with van der Waals surface area (Å²) in [5.41, 5.74) is 1.78. The van der Waals surface area contributed by atoms with E-state index in [1.54, 1.807) is 12.1 Å². The number of aliphatic imine (C=N–C) groups is 1. The van der Waals surface area contributed by atoms with E-state index in [-0.39, 0.29) is 47.9 Å². The van der Waals surface area contributed by atoms with Gasteiger partial charge in [0.15, 0.2) is 11.7 Å². The third-order valence-corrected chi connectivity index (χ3v) is 5.48. The first-order chi connectivity index (χ1) is 15.2. The number of carbonyl (C=O) groups excluding carboxylic acids is 1. The molecule has 1 amide bonds. The molecule has 2 aromatic rings. The summed E-state index contributed by atoms with van der Waals surface area (Å²) in [7, 11) is 0. The van der Waals surface area contributed by atoms with E-state index in [4.69, 9.17) is 18.9 Å². The first-order valence-corrected chi connectivity index (χ1v) is 10.9. The van der Waals surface area contributed by atoms with E-state index in [0.29, 0.717) is 18.8 Å². The molecule has 174 valence electrons. The molecule has 4 rings (SSSR count). The second kappa shape index (κ2) is 12.2. The minimum absolute atomic E-state index is 0. The molecule has 2 saturated heterocycles. The molecule has 2 aliphatic rings. The third kappa shape index (κ3) is 6.46. The van der Waals surface area contributed by atoms with Crippen LogP contribution in [0.2, 0.25) is 0 Å². The number of hydrogen-bond acceptors (Lipinski definition) is 5.